The number of esters is 1. The number of hydrogen-bond acceptors (Lipinski definition) is 5. The molecule has 5 nitrogen and oxygen atoms in total. The number of carbonyl (C=O) groups excluding carboxylic acids is 2. The molecule has 0 unspecified atom stereocenters. The molecule has 0 aromatic rings. The van der Waals surface area contributed by atoms with Gasteiger partial charge in [-0.2, -0.15) is 0 Å². The van der Waals surface area contributed by atoms with Gasteiger partial charge in [-0.25, -0.2) is 0 Å². The van der Waals surface area contributed by atoms with E-state index in [0.717, 1.165) is 0 Å². The van der Waals surface area contributed by atoms with Crippen molar-refractivity contribution in [3.63, 3.8) is 0 Å². The summed E-state index contributed by atoms with van der Waals surface area (Å²) < 4.78 is 3.65. The van der Waals surface area contributed by atoms with Crippen molar-refractivity contribution in [1.29, 1.82) is 0 Å². The van der Waals surface area contributed by atoms with Gasteiger partial charge in [0.15, 0.2) is 4.30 Å². The van der Waals surface area contributed by atoms with E-state index >= 15 is 0 Å². The molecule has 0 aliphatic heterocycles. The number of aliphatic hydroxyl groups excluding tert-OH is 2. The van der Waals surface area contributed by atoms with Crippen molar-refractivity contribution >= 4 is 46.6 Å². The van der Waals surface area contributed by atoms with Crippen molar-refractivity contribution in [2.24, 2.45) is 0 Å². The molecule has 21 heavy (non-hydrogen) atoms. The van der Waals surface area contributed by atoms with Crippen LogP contribution in [0.1, 0.15) is 48.5 Å². The number of Topliss-reactive ketones (excluding diaryl/α,β-unsaturated/α-hetero) is 1. The zero-order valence-electron chi connectivity index (χ0n) is 13.8. The number of hydrogen-bond donors (Lipinski definition) is 2. The van der Waals surface area contributed by atoms with Gasteiger partial charge in [0.25, 0.3) is 0 Å². The molecule has 0 amide bonds. The third-order valence-electron chi connectivity index (χ3n) is 0.348. The number of ketones is 1. The summed E-state index contributed by atoms with van der Waals surface area (Å²) in [5, 5.41) is 15.6. The lowest BCUT2D eigenvalue weighted by molar-refractivity contribution is -0.140. The highest BCUT2D eigenvalue weighted by molar-refractivity contribution is 6.63. The minimum Gasteiger partial charge on any atom is -0.466 e. The van der Waals surface area contributed by atoms with Crippen molar-refractivity contribution < 1.29 is 24.5 Å². The summed E-state index contributed by atoms with van der Waals surface area (Å²) in [5.74, 6) is -0.0440. The standard InChI is InChI=1S/C4H8O2.C3H8O.C3H6O.C2H6O.CHCl3/c1-3-6-4(2)5;2*1-3(2)4;1-2-3;2-1(3)4/h3H2,1-2H3;3-4H,1-2H3;1-2H3;3H,2H2,1H3;1H. The predicted octanol–water partition coefficient (Wildman–Crippen LogP) is 3.54. The molecule has 0 radical (unpaired) electrons. The molecule has 0 saturated carbocycles. The fourth-order valence-corrected chi connectivity index (χ4v) is 0.203. The molecule has 0 aliphatic carbocycles. The van der Waals surface area contributed by atoms with Gasteiger partial charge in [0.2, 0.25) is 0 Å². The lowest BCUT2D eigenvalue weighted by atomic mass is 10.5. The molecule has 0 aromatic carbocycles. The van der Waals surface area contributed by atoms with E-state index in [4.69, 9.17) is 45.0 Å². The Hall–Kier alpha value is -0.0700. The molecule has 0 spiro atoms. The van der Waals surface area contributed by atoms with E-state index < -0.39 is 4.30 Å². The lowest BCUT2D eigenvalue weighted by Gasteiger charge is -1.89. The van der Waals surface area contributed by atoms with Gasteiger partial charge in [0.1, 0.15) is 5.78 Å². The van der Waals surface area contributed by atoms with Gasteiger partial charge < -0.3 is 19.7 Å². The Bertz CT molecular complexity index is 185. The summed E-state index contributed by atoms with van der Waals surface area (Å²) in [6, 6.07) is 0. The molecule has 0 aliphatic rings. The number of alkyl halides is 3. The van der Waals surface area contributed by atoms with E-state index in [1.165, 1.54) is 20.8 Å². The van der Waals surface area contributed by atoms with E-state index in [1.807, 2.05) is 0 Å². The van der Waals surface area contributed by atoms with Crippen LogP contribution in [0.5, 0.6) is 0 Å². The Kier molecular flexibility index (Phi) is 50.0. The molecule has 0 rings (SSSR count). The van der Waals surface area contributed by atoms with E-state index in [1.54, 1.807) is 27.7 Å². The van der Waals surface area contributed by atoms with Gasteiger partial charge in [-0.3, -0.25) is 4.79 Å². The van der Waals surface area contributed by atoms with Crippen LogP contribution >= 0.6 is 34.8 Å². The Morgan fingerprint density at radius 1 is 1.05 bits per heavy atom. The maximum Gasteiger partial charge on any atom is 0.302 e. The summed E-state index contributed by atoms with van der Waals surface area (Å²) in [6.07, 6.45) is -0.167. The number of aliphatic hydroxyl groups is 2. The van der Waals surface area contributed by atoms with Crippen LogP contribution in [0.4, 0.5) is 0 Å². The van der Waals surface area contributed by atoms with Crippen molar-refractivity contribution in [3.05, 3.63) is 0 Å². The smallest absolute Gasteiger partial charge is 0.302 e. The second-order valence-corrected chi connectivity index (χ2v) is 5.47. The van der Waals surface area contributed by atoms with Gasteiger partial charge >= 0.3 is 5.97 Å². The summed E-state index contributed by atoms with van der Waals surface area (Å²) in [6.45, 7) is 12.1. The topological polar surface area (TPSA) is 83.8 Å². The van der Waals surface area contributed by atoms with E-state index in [9.17, 15) is 9.59 Å². The summed E-state index contributed by atoms with van der Waals surface area (Å²) in [4.78, 5) is 19.3. The SMILES string of the molecule is CC(C)=O.CC(C)O.CCO.CCOC(C)=O.ClC(Cl)Cl. The van der Waals surface area contributed by atoms with E-state index in [-0.39, 0.29) is 24.5 Å². The van der Waals surface area contributed by atoms with Crippen LogP contribution in [0.2, 0.25) is 0 Å². The first-order valence-corrected chi connectivity index (χ1v) is 7.51. The quantitative estimate of drug-likeness (QED) is 0.544. The molecule has 132 valence electrons. The summed E-state index contributed by atoms with van der Waals surface area (Å²) >= 11 is 14.4. The van der Waals surface area contributed by atoms with Crippen molar-refractivity contribution in [2.75, 3.05) is 13.2 Å². The highest BCUT2D eigenvalue weighted by Gasteiger charge is 1.81. The molecular formula is C13H29Cl3O5. The highest BCUT2D eigenvalue weighted by Crippen LogP contribution is 2.03. The minimum atomic E-state index is -0.750. The molecule has 0 heterocycles. The average molecular weight is 372 g/mol. The van der Waals surface area contributed by atoms with Gasteiger partial charge in [-0.05, 0) is 41.5 Å². The van der Waals surface area contributed by atoms with Crippen molar-refractivity contribution in [2.45, 2.75) is 58.9 Å². The number of ether oxygens (including phenoxy) is 1. The lowest BCUT2D eigenvalue weighted by Crippen LogP contribution is -1.95. The first-order valence-electron chi connectivity index (χ1n) is 6.20. The molecule has 8 heteroatoms. The Labute approximate surface area is 143 Å². The first kappa shape index (κ1) is 32.8. The number of rotatable bonds is 1. The Balaban J connectivity index is -0.0000000519. The maximum atomic E-state index is 9.82. The normalized spacial score (nSPS) is 7.71. The average Bonchev–Trinajstić information content (AvgIpc) is 2.14. The van der Waals surface area contributed by atoms with Crippen molar-refractivity contribution in [3.8, 4) is 0 Å². The van der Waals surface area contributed by atoms with E-state index in [0.29, 0.717) is 6.61 Å². The monoisotopic (exact) mass is 370 g/mol. The minimum absolute atomic E-state index is 0.167. The third-order valence-corrected chi connectivity index (χ3v) is 0.348. The largest absolute Gasteiger partial charge is 0.466 e. The van der Waals surface area contributed by atoms with Crippen molar-refractivity contribution in [1.82, 2.24) is 0 Å². The van der Waals surface area contributed by atoms with Gasteiger partial charge in [0, 0.05) is 19.6 Å². The summed E-state index contributed by atoms with van der Waals surface area (Å²) in [7, 11) is 0. The van der Waals surface area contributed by atoms with Crippen LogP contribution in [-0.4, -0.2) is 45.6 Å². The second-order valence-electron chi connectivity index (χ2n) is 3.49. The molecule has 0 atom stereocenters. The fourth-order valence-electron chi connectivity index (χ4n) is 0.203. The van der Waals surface area contributed by atoms with Crippen LogP contribution < -0.4 is 0 Å². The third kappa shape index (κ3) is 746. The zero-order chi connectivity index (χ0) is 18.4. The summed E-state index contributed by atoms with van der Waals surface area (Å²) in [5.41, 5.74) is 0. The van der Waals surface area contributed by atoms with Crippen LogP contribution in [0.15, 0.2) is 0 Å². The number of halogens is 3. The van der Waals surface area contributed by atoms with Gasteiger partial charge in [-0.15, -0.1) is 0 Å². The van der Waals surface area contributed by atoms with Crippen LogP contribution in [0.25, 0.3) is 0 Å². The second kappa shape index (κ2) is 32.0. The molecular weight excluding hydrogens is 342 g/mol. The van der Waals surface area contributed by atoms with Crippen LogP contribution in [0, 0.1) is 0 Å². The highest BCUT2D eigenvalue weighted by atomic mass is 35.6. The van der Waals surface area contributed by atoms with Gasteiger partial charge in [0.05, 0.1) is 6.61 Å². The van der Waals surface area contributed by atoms with Gasteiger partial charge in [-0.1, -0.05) is 34.8 Å². The number of carbonyl (C=O) groups is 2. The Morgan fingerprint density at radius 3 is 1.19 bits per heavy atom. The predicted molar refractivity (Wildman–Crippen MR) is 90.1 cm³/mol. The van der Waals surface area contributed by atoms with E-state index in [2.05, 4.69) is 4.74 Å². The van der Waals surface area contributed by atoms with Crippen LogP contribution in [0.3, 0.4) is 0 Å². The fraction of sp³-hybridized carbons (Fsp3) is 0.846. The van der Waals surface area contributed by atoms with Crippen LogP contribution in [-0.2, 0) is 14.3 Å². The molecule has 0 aromatic heterocycles. The first-order chi connectivity index (χ1) is 9.38. The maximum absolute atomic E-state index is 9.82. The Morgan fingerprint density at radius 2 is 1.19 bits per heavy atom. The molecule has 2 N–H and O–H groups in total. The molecule has 0 bridgehead atoms. The molecule has 0 fully saturated rings. The molecule has 0 saturated heterocycles. The zero-order valence-corrected chi connectivity index (χ0v) is 16.1.